The molecule has 3 unspecified atom stereocenters. The van der Waals surface area contributed by atoms with Crippen LogP contribution in [0.25, 0.3) is 0 Å². The summed E-state index contributed by atoms with van der Waals surface area (Å²) in [5.41, 5.74) is 7.19. The summed E-state index contributed by atoms with van der Waals surface area (Å²) in [6.45, 7) is 2.10. The molecule has 0 amide bonds. The van der Waals surface area contributed by atoms with Gasteiger partial charge in [-0.3, -0.25) is 0 Å². The maximum absolute atomic E-state index is 6.35. The van der Waals surface area contributed by atoms with Gasteiger partial charge in [0, 0.05) is 19.6 Å². The zero-order chi connectivity index (χ0) is 15.2. The molecule has 3 atom stereocenters. The van der Waals surface area contributed by atoms with E-state index in [4.69, 9.17) is 26.8 Å². The van der Waals surface area contributed by atoms with Crippen LogP contribution in [-0.2, 0) is 11.2 Å². The van der Waals surface area contributed by atoms with Gasteiger partial charge >= 0.3 is 0 Å². The van der Waals surface area contributed by atoms with E-state index in [2.05, 4.69) is 13.0 Å². The molecule has 2 rings (SSSR count). The molecule has 1 saturated carbocycles. The van der Waals surface area contributed by atoms with Crippen molar-refractivity contribution < 1.29 is 9.47 Å². The van der Waals surface area contributed by atoms with E-state index < -0.39 is 0 Å². The lowest BCUT2D eigenvalue weighted by Gasteiger charge is -2.30. The first-order valence-corrected chi connectivity index (χ1v) is 8.24. The molecule has 0 heterocycles. The van der Waals surface area contributed by atoms with E-state index in [9.17, 15) is 0 Å². The summed E-state index contributed by atoms with van der Waals surface area (Å²) in [6, 6.07) is 6.05. The minimum atomic E-state index is 0.142. The van der Waals surface area contributed by atoms with Gasteiger partial charge in [0.2, 0.25) is 0 Å². The second-order valence-corrected chi connectivity index (χ2v) is 6.27. The van der Waals surface area contributed by atoms with Gasteiger partial charge in [-0.05, 0) is 43.7 Å². The third-order valence-electron chi connectivity index (χ3n) is 4.25. The number of hydrogen-bond acceptors (Lipinski definition) is 3. The second-order valence-electron chi connectivity index (χ2n) is 5.86. The molecule has 0 bridgehead atoms. The Labute approximate surface area is 132 Å². The van der Waals surface area contributed by atoms with E-state index >= 15 is 0 Å². The lowest BCUT2D eigenvalue weighted by molar-refractivity contribution is 0.0207. The lowest BCUT2D eigenvalue weighted by atomic mass is 9.94. The van der Waals surface area contributed by atoms with Crippen LogP contribution in [0.1, 0.15) is 44.6 Å². The van der Waals surface area contributed by atoms with E-state index in [1.165, 1.54) is 0 Å². The van der Waals surface area contributed by atoms with Crippen molar-refractivity contribution in [1.29, 1.82) is 0 Å². The van der Waals surface area contributed by atoms with E-state index in [0.29, 0.717) is 11.1 Å². The highest BCUT2D eigenvalue weighted by Crippen LogP contribution is 2.33. The normalized spacial score (nSPS) is 23.8. The quantitative estimate of drug-likeness (QED) is 0.865. The Morgan fingerprint density at radius 3 is 2.81 bits per heavy atom. The van der Waals surface area contributed by atoms with Crippen molar-refractivity contribution in [3.63, 3.8) is 0 Å². The highest BCUT2D eigenvalue weighted by atomic mass is 35.5. The number of rotatable bonds is 6. The van der Waals surface area contributed by atoms with Crippen molar-refractivity contribution in [2.45, 2.75) is 63.7 Å². The van der Waals surface area contributed by atoms with E-state index in [1.807, 2.05) is 12.1 Å². The van der Waals surface area contributed by atoms with Gasteiger partial charge in [0.1, 0.15) is 11.9 Å². The number of methoxy groups -OCH3 is 1. The molecule has 1 aliphatic carbocycles. The first kappa shape index (κ1) is 16.6. The van der Waals surface area contributed by atoms with E-state index in [0.717, 1.165) is 49.8 Å². The molecule has 1 fully saturated rings. The largest absolute Gasteiger partial charge is 0.488 e. The smallest absolute Gasteiger partial charge is 0.141 e. The summed E-state index contributed by atoms with van der Waals surface area (Å²) in [5, 5.41) is 0.676. The Hall–Kier alpha value is -0.770. The van der Waals surface area contributed by atoms with Crippen LogP contribution in [0.5, 0.6) is 5.75 Å². The monoisotopic (exact) mass is 311 g/mol. The Morgan fingerprint density at radius 1 is 1.33 bits per heavy atom. The molecule has 4 heteroatoms. The van der Waals surface area contributed by atoms with Crippen molar-refractivity contribution >= 4 is 11.6 Å². The molecule has 0 spiro atoms. The molecule has 3 nitrogen and oxygen atoms in total. The molecule has 0 aliphatic heterocycles. The molecule has 0 aromatic heterocycles. The summed E-state index contributed by atoms with van der Waals surface area (Å²) in [5.74, 6) is 0.810. The van der Waals surface area contributed by atoms with Gasteiger partial charge in [-0.2, -0.15) is 0 Å². The standard InChI is InChI=1S/C17H26ClNO2/c1-3-13(19)10-12-6-4-9-16(18)17(12)21-15-8-5-7-14(11-15)20-2/h4,6,9,13-15H,3,5,7-8,10-11,19H2,1-2H3. The average Bonchev–Trinajstić information content (AvgIpc) is 2.50. The van der Waals surface area contributed by atoms with Gasteiger partial charge in [0.25, 0.3) is 0 Å². The Morgan fingerprint density at radius 2 is 2.10 bits per heavy atom. The van der Waals surface area contributed by atoms with Crippen LogP contribution in [-0.4, -0.2) is 25.4 Å². The zero-order valence-corrected chi connectivity index (χ0v) is 13.7. The molecule has 1 aromatic rings. The fraction of sp³-hybridized carbons (Fsp3) is 0.647. The van der Waals surface area contributed by atoms with Gasteiger partial charge in [0.15, 0.2) is 0 Å². The van der Waals surface area contributed by atoms with Crippen LogP contribution in [0, 0.1) is 0 Å². The fourth-order valence-corrected chi connectivity index (χ4v) is 3.10. The van der Waals surface area contributed by atoms with Gasteiger partial charge in [-0.1, -0.05) is 30.7 Å². The lowest BCUT2D eigenvalue weighted by Crippen LogP contribution is -2.30. The van der Waals surface area contributed by atoms with Gasteiger partial charge in [-0.25, -0.2) is 0 Å². The van der Waals surface area contributed by atoms with Gasteiger partial charge in [-0.15, -0.1) is 0 Å². The average molecular weight is 312 g/mol. The first-order chi connectivity index (χ1) is 10.1. The van der Waals surface area contributed by atoms with Gasteiger partial charge < -0.3 is 15.2 Å². The predicted molar refractivity (Wildman–Crippen MR) is 87.1 cm³/mol. The predicted octanol–water partition coefficient (Wildman–Crippen LogP) is 3.96. The molecule has 0 saturated heterocycles. The molecule has 0 radical (unpaired) electrons. The minimum Gasteiger partial charge on any atom is -0.488 e. The fourth-order valence-electron chi connectivity index (χ4n) is 2.86. The Bertz CT molecular complexity index is 452. The topological polar surface area (TPSA) is 44.5 Å². The molecule has 1 aromatic carbocycles. The second kappa shape index (κ2) is 8.02. The van der Waals surface area contributed by atoms with Gasteiger partial charge in [0.05, 0.1) is 11.1 Å². The van der Waals surface area contributed by atoms with Crippen LogP contribution in [0.3, 0.4) is 0 Å². The van der Waals surface area contributed by atoms with Crippen LogP contribution in [0.4, 0.5) is 0 Å². The van der Waals surface area contributed by atoms with Crippen molar-refractivity contribution in [3.8, 4) is 5.75 Å². The van der Waals surface area contributed by atoms with Crippen LogP contribution in [0.2, 0.25) is 5.02 Å². The SMILES string of the molecule is CCC(N)Cc1cccc(Cl)c1OC1CCCC(OC)C1. The summed E-state index contributed by atoms with van der Waals surface area (Å²) >= 11 is 6.35. The highest BCUT2D eigenvalue weighted by Gasteiger charge is 2.24. The van der Waals surface area contributed by atoms with E-state index in [-0.39, 0.29) is 12.1 Å². The third-order valence-corrected chi connectivity index (χ3v) is 4.55. The Kier molecular flexibility index (Phi) is 6.34. The van der Waals surface area contributed by atoms with Crippen molar-refractivity contribution in [2.75, 3.05) is 7.11 Å². The first-order valence-electron chi connectivity index (χ1n) is 7.86. The third kappa shape index (κ3) is 4.60. The maximum Gasteiger partial charge on any atom is 0.141 e. The number of ether oxygens (including phenoxy) is 2. The summed E-state index contributed by atoms with van der Waals surface area (Å²) in [7, 11) is 1.77. The van der Waals surface area contributed by atoms with Crippen molar-refractivity contribution in [1.82, 2.24) is 0 Å². The van der Waals surface area contributed by atoms with Crippen LogP contribution in [0.15, 0.2) is 18.2 Å². The summed E-state index contributed by atoms with van der Waals surface area (Å²) in [4.78, 5) is 0. The molecule has 118 valence electrons. The number of halogens is 1. The van der Waals surface area contributed by atoms with Crippen molar-refractivity contribution in [3.05, 3.63) is 28.8 Å². The Balaban J connectivity index is 2.10. The van der Waals surface area contributed by atoms with Crippen molar-refractivity contribution in [2.24, 2.45) is 5.73 Å². The van der Waals surface area contributed by atoms with Crippen LogP contribution >= 0.6 is 11.6 Å². The summed E-state index contributed by atoms with van der Waals surface area (Å²) in [6.07, 6.45) is 6.47. The molecular formula is C17H26ClNO2. The minimum absolute atomic E-state index is 0.142. The van der Waals surface area contributed by atoms with E-state index in [1.54, 1.807) is 7.11 Å². The number of benzene rings is 1. The highest BCUT2D eigenvalue weighted by molar-refractivity contribution is 6.32. The number of nitrogens with two attached hydrogens (primary N) is 1. The molecular weight excluding hydrogens is 286 g/mol. The summed E-state index contributed by atoms with van der Waals surface area (Å²) < 4.78 is 11.7. The zero-order valence-electron chi connectivity index (χ0n) is 13.0. The molecule has 21 heavy (non-hydrogen) atoms. The number of hydrogen-bond donors (Lipinski definition) is 1. The molecule has 1 aliphatic rings. The van der Waals surface area contributed by atoms with Crippen LogP contribution < -0.4 is 10.5 Å². The maximum atomic E-state index is 6.35. The number of para-hydroxylation sites is 1. The molecule has 2 N–H and O–H groups in total.